The summed E-state index contributed by atoms with van der Waals surface area (Å²) < 4.78 is 43.8. The van der Waals surface area contributed by atoms with Crippen molar-refractivity contribution in [1.82, 2.24) is 24.5 Å². The van der Waals surface area contributed by atoms with Crippen molar-refractivity contribution < 1.29 is 22.7 Å². The molecule has 1 atom stereocenters. The Balaban J connectivity index is 1.75. The Labute approximate surface area is 133 Å². The predicted molar refractivity (Wildman–Crippen MR) is 74.4 cm³/mol. The summed E-state index contributed by atoms with van der Waals surface area (Å²) in [5, 5.41) is 2.63. The highest BCUT2D eigenvalue weighted by atomic mass is 19.4. The van der Waals surface area contributed by atoms with E-state index >= 15 is 0 Å². The lowest BCUT2D eigenvalue weighted by atomic mass is 10.2. The number of nitrogens with one attached hydrogen (secondary N) is 1. The number of rotatable bonds is 2. The number of H-pyrrole nitrogens is 1. The number of aromatic nitrogens is 4. The van der Waals surface area contributed by atoms with Gasteiger partial charge >= 0.3 is 6.18 Å². The van der Waals surface area contributed by atoms with Gasteiger partial charge in [0.25, 0.3) is 11.3 Å². The van der Waals surface area contributed by atoms with E-state index in [-0.39, 0.29) is 36.7 Å². The van der Waals surface area contributed by atoms with Gasteiger partial charge in [0.05, 0.1) is 19.6 Å². The highest BCUT2D eigenvalue weighted by molar-refractivity contribution is 5.78. The smallest absolute Gasteiger partial charge is 0.365 e. The van der Waals surface area contributed by atoms with E-state index in [9.17, 15) is 22.8 Å². The molecule has 3 heterocycles. The molecule has 2 aromatic rings. The molecule has 3 rings (SSSR count). The number of carbonyl (C=O) groups excluding carboxylic acids is 1. The standard InChI is InChI=1S/C13H14F3N5O3/c1-7-4-11(23)21-12(17-7)18-9(19-21)5-10(22)20-2-3-24-8(6-20)13(14,15)16/h4,8H,2-3,5-6H2,1H3,(H,17,18,19)/t8-/m0/s1. The van der Waals surface area contributed by atoms with Crippen molar-refractivity contribution in [3.8, 4) is 0 Å². The van der Waals surface area contributed by atoms with E-state index in [2.05, 4.69) is 19.8 Å². The van der Waals surface area contributed by atoms with Gasteiger partial charge in [0.2, 0.25) is 5.91 Å². The Morgan fingerprint density at radius 1 is 1.46 bits per heavy atom. The molecule has 1 saturated heterocycles. The molecule has 0 aliphatic carbocycles. The van der Waals surface area contributed by atoms with Gasteiger partial charge in [-0.25, -0.2) is 4.98 Å². The average molecular weight is 345 g/mol. The summed E-state index contributed by atoms with van der Waals surface area (Å²) in [6.45, 7) is 0.963. The molecule has 0 bridgehead atoms. The molecule has 1 aliphatic rings. The maximum atomic E-state index is 12.7. The van der Waals surface area contributed by atoms with Crippen molar-refractivity contribution in [3.05, 3.63) is 27.9 Å². The number of aromatic amines is 1. The number of ether oxygens (including phenoxy) is 1. The van der Waals surface area contributed by atoms with Gasteiger partial charge in [-0.15, -0.1) is 0 Å². The molecular weight excluding hydrogens is 331 g/mol. The minimum absolute atomic E-state index is 0.0724. The van der Waals surface area contributed by atoms with Crippen LogP contribution in [0.2, 0.25) is 0 Å². The summed E-state index contributed by atoms with van der Waals surface area (Å²) >= 11 is 0. The van der Waals surface area contributed by atoms with E-state index in [1.54, 1.807) is 6.92 Å². The number of carbonyl (C=O) groups is 1. The van der Waals surface area contributed by atoms with Crippen LogP contribution < -0.4 is 5.56 Å². The maximum Gasteiger partial charge on any atom is 0.416 e. The summed E-state index contributed by atoms with van der Waals surface area (Å²) in [7, 11) is 0. The van der Waals surface area contributed by atoms with Crippen LogP contribution in [0, 0.1) is 6.92 Å². The van der Waals surface area contributed by atoms with E-state index in [0.29, 0.717) is 5.69 Å². The Bertz CT molecular complexity index is 828. The molecule has 1 N–H and O–H groups in total. The number of fused-ring (bicyclic) bond motifs is 1. The first kappa shape index (κ1) is 16.4. The number of halogens is 3. The summed E-state index contributed by atoms with van der Waals surface area (Å²) in [5.74, 6) is -0.264. The molecule has 0 unspecified atom stereocenters. The topological polar surface area (TPSA) is 92.6 Å². The van der Waals surface area contributed by atoms with Gasteiger partial charge in [0.15, 0.2) is 6.10 Å². The number of alkyl halides is 3. The van der Waals surface area contributed by atoms with Gasteiger partial charge in [0, 0.05) is 18.3 Å². The first-order valence-corrected chi connectivity index (χ1v) is 7.15. The van der Waals surface area contributed by atoms with Crippen molar-refractivity contribution in [1.29, 1.82) is 0 Å². The largest absolute Gasteiger partial charge is 0.416 e. The fourth-order valence-corrected chi connectivity index (χ4v) is 2.44. The van der Waals surface area contributed by atoms with Crippen LogP contribution >= 0.6 is 0 Å². The lowest BCUT2D eigenvalue weighted by Crippen LogP contribution is -2.51. The SMILES string of the molecule is Cc1cc(=O)n2[nH]c(CC(=O)N3CCO[C@H](C(F)(F)F)C3)nc2n1. The van der Waals surface area contributed by atoms with Crippen LogP contribution in [0.5, 0.6) is 0 Å². The second-order valence-electron chi connectivity index (χ2n) is 5.46. The van der Waals surface area contributed by atoms with Crippen LogP contribution in [0.25, 0.3) is 5.78 Å². The van der Waals surface area contributed by atoms with Gasteiger partial charge in [-0.3, -0.25) is 14.7 Å². The van der Waals surface area contributed by atoms with Crippen LogP contribution in [0.15, 0.2) is 10.9 Å². The van der Waals surface area contributed by atoms with Crippen LogP contribution in [-0.2, 0) is 16.0 Å². The van der Waals surface area contributed by atoms with Crippen LogP contribution in [-0.4, -0.2) is 62.4 Å². The van der Waals surface area contributed by atoms with Crippen molar-refractivity contribution in [2.24, 2.45) is 0 Å². The third-order valence-electron chi connectivity index (χ3n) is 3.61. The molecule has 24 heavy (non-hydrogen) atoms. The van der Waals surface area contributed by atoms with E-state index < -0.39 is 24.7 Å². The molecular formula is C13H14F3N5O3. The summed E-state index contributed by atoms with van der Waals surface area (Å²) in [6.07, 6.45) is -6.77. The van der Waals surface area contributed by atoms with Gasteiger partial charge in [-0.1, -0.05) is 0 Å². The molecule has 2 aromatic heterocycles. The van der Waals surface area contributed by atoms with E-state index in [1.165, 1.54) is 6.07 Å². The van der Waals surface area contributed by atoms with Crippen LogP contribution in [0.1, 0.15) is 11.5 Å². The fourth-order valence-electron chi connectivity index (χ4n) is 2.44. The van der Waals surface area contributed by atoms with Gasteiger partial charge < -0.3 is 9.64 Å². The molecule has 0 spiro atoms. The number of hydrogen-bond donors (Lipinski definition) is 1. The number of nitrogens with zero attached hydrogens (tertiary/aromatic N) is 4. The molecule has 1 amide bonds. The molecule has 0 radical (unpaired) electrons. The van der Waals surface area contributed by atoms with Gasteiger partial charge in [-0.05, 0) is 6.92 Å². The minimum atomic E-state index is -4.52. The van der Waals surface area contributed by atoms with Crippen molar-refractivity contribution in [3.63, 3.8) is 0 Å². The maximum absolute atomic E-state index is 12.7. The third kappa shape index (κ3) is 3.25. The zero-order valence-electron chi connectivity index (χ0n) is 12.6. The van der Waals surface area contributed by atoms with E-state index in [1.807, 2.05) is 0 Å². The van der Waals surface area contributed by atoms with Crippen LogP contribution in [0.4, 0.5) is 13.2 Å². The number of morpholine rings is 1. The Kier molecular flexibility index (Phi) is 4.03. The molecule has 0 aromatic carbocycles. The second kappa shape index (κ2) is 5.89. The minimum Gasteiger partial charge on any atom is -0.365 e. The first-order chi connectivity index (χ1) is 11.2. The monoisotopic (exact) mass is 345 g/mol. The Morgan fingerprint density at radius 3 is 2.92 bits per heavy atom. The van der Waals surface area contributed by atoms with Gasteiger partial charge in [-0.2, -0.15) is 22.7 Å². The number of amides is 1. The van der Waals surface area contributed by atoms with E-state index in [0.717, 1.165) is 9.42 Å². The summed E-state index contributed by atoms with van der Waals surface area (Å²) in [6, 6.07) is 1.30. The zero-order chi connectivity index (χ0) is 17.5. The van der Waals surface area contributed by atoms with E-state index in [4.69, 9.17) is 0 Å². The summed E-state index contributed by atoms with van der Waals surface area (Å²) in [4.78, 5) is 33.1. The molecule has 130 valence electrons. The molecule has 0 saturated carbocycles. The third-order valence-corrected chi connectivity index (χ3v) is 3.61. The second-order valence-corrected chi connectivity index (χ2v) is 5.46. The number of hydrogen-bond acceptors (Lipinski definition) is 5. The fraction of sp³-hybridized carbons (Fsp3) is 0.538. The highest BCUT2D eigenvalue weighted by Crippen LogP contribution is 2.25. The average Bonchev–Trinajstić information content (AvgIpc) is 2.89. The highest BCUT2D eigenvalue weighted by Gasteiger charge is 2.44. The zero-order valence-corrected chi connectivity index (χ0v) is 12.6. The Hall–Kier alpha value is -2.43. The molecule has 11 heteroatoms. The van der Waals surface area contributed by atoms with Crippen molar-refractivity contribution in [2.75, 3.05) is 19.7 Å². The van der Waals surface area contributed by atoms with Crippen LogP contribution in [0.3, 0.4) is 0 Å². The van der Waals surface area contributed by atoms with Crippen molar-refractivity contribution in [2.45, 2.75) is 25.6 Å². The normalized spacial score (nSPS) is 19.0. The Morgan fingerprint density at radius 2 is 2.21 bits per heavy atom. The van der Waals surface area contributed by atoms with Crippen molar-refractivity contribution >= 4 is 11.7 Å². The first-order valence-electron chi connectivity index (χ1n) is 7.15. The lowest BCUT2D eigenvalue weighted by Gasteiger charge is -2.33. The molecule has 1 aliphatic heterocycles. The number of aryl methyl sites for hydroxylation is 1. The molecule has 8 nitrogen and oxygen atoms in total. The summed E-state index contributed by atoms with van der Waals surface area (Å²) in [5.41, 5.74) is 0.0952. The van der Waals surface area contributed by atoms with Gasteiger partial charge in [0.1, 0.15) is 5.82 Å². The lowest BCUT2D eigenvalue weighted by molar-refractivity contribution is -0.236. The predicted octanol–water partition coefficient (Wildman–Crippen LogP) is 0.0582. The molecule has 1 fully saturated rings. The quantitative estimate of drug-likeness (QED) is 0.831.